The van der Waals surface area contributed by atoms with E-state index in [0.717, 1.165) is 22.9 Å². The number of benzene rings is 2. The Balaban J connectivity index is 1.26. The molecule has 3 heterocycles. The highest BCUT2D eigenvalue weighted by Crippen LogP contribution is 2.28. The Bertz CT molecular complexity index is 1180. The molecule has 31 heavy (non-hydrogen) atoms. The predicted molar refractivity (Wildman–Crippen MR) is 113 cm³/mol. The molecule has 3 aromatic rings. The van der Waals surface area contributed by atoms with Crippen LogP contribution in [0, 0.1) is 11.3 Å². The summed E-state index contributed by atoms with van der Waals surface area (Å²) in [6, 6.07) is 15.3. The Hall–Kier alpha value is -3.63. The highest BCUT2D eigenvalue weighted by molar-refractivity contribution is 5.95. The fraction of sp³-hybridized carbons (Fsp3) is 0.292. The van der Waals surface area contributed by atoms with Crippen LogP contribution in [0.5, 0.6) is 0 Å². The van der Waals surface area contributed by atoms with Crippen LogP contribution in [0.3, 0.4) is 0 Å². The molecule has 0 N–H and O–H groups in total. The summed E-state index contributed by atoms with van der Waals surface area (Å²) in [6.07, 6.45) is 1.96. The van der Waals surface area contributed by atoms with Crippen LogP contribution < -0.4 is 0 Å². The Morgan fingerprint density at radius 2 is 1.65 bits per heavy atom. The molecule has 2 aliphatic heterocycles. The van der Waals surface area contributed by atoms with Gasteiger partial charge in [0.05, 0.1) is 12.2 Å². The number of fused-ring (bicyclic) bond motifs is 1. The number of piperazine rings is 1. The molecule has 156 valence electrons. The van der Waals surface area contributed by atoms with Crippen molar-refractivity contribution in [1.29, 1.82) is 5.26 Å². The Morgan fingerprint density at radius 3 is 2.29 bits per heavy atom. The molecule has 2 fully saturated rings. The summed E-state index contributed by atoms with van der Waals surface area (Å²) in [5.74, 6) is 0.00689. The highest BCUT2D eigenvalue weighted by atomic mass is 16.5. The number of rotatable bonds is 3. The third-order valence-electron chi connectivity index (χ3n) is 6.01. The lowest BCUT2D eigenvalue weighted by Crippen LogP contribution is -2.54. The number of hydrogen-bond acceptors (Lipinski definition) is 5. The second-order valence-corrected chi connectivity index (χ2v) is 7.82. The van der Waals surface area contributed by atoms with Crippen LogP contribution in [0.2, 0.25) is 0 Å². The molecule has 0 spiro atoms. The van der Waals surface area contributed by atoms with E-state index in [1.807, 2.05) is 42.5 Å². The monoisotopic (exact) mass is 415 g/mol. The van der Waals surface area contributed by atoms with Crippen molar-refractivity contribution in [1.82, 2.24) is 9.80 Å². The predicted octanol–water partition coefficient (Wildman–Crippen LogP) is 3.04. The van der Waals surface area contributed by atoms with Crippen LogP contribution in [-0.4, -0.2) is 60.5 Å². The first-order chi connectivity index (χ1) is 15.1. The number of ether oxygens (including phenoxy) is 1. The summed E-state index contributed by atoms with van der Waals surface area (Å²) in [5.41, 5.74) is 3.71. The van der Waals surface area contributed by atoms with E-state index in [9.17, 15) is 14.9 Å². The number of nitriles is 1. The normalized spacial score (nSPS) is 18.5. The molecule has 2 amide bonds. The zero-order valence-electron chi connectivity index (χ0n) is 16.9. The number of carbonyl (C=O) groups excluding carboxylic acids is 2. The van der Waals surface area contributed by atoms with E-state index >= 15 is 0 Å². The first-order valence-corrected chi connectivity index (χ1v) is 10.4. The Labute approximate surface area is 179 Å². The quantitative estimate of drug-likeness (QED) is 0.656. The minimum atomic E-state index is -0.291. The summed E-state index contributed by atoms with van der Waals surface area (Å²) >= 11 is 0. The maximum atomic E-state index is 12.9. The van der Waals surface area contributed by atoms with E-state index in [4.69, 9.17) is 9.15 Å². The van der Waals surface area contributed by atoms with Crippen molar-refractivity contribution in [3.05, 3.63) is 59.9 Å². The van der Waals surface area contributed by atoms with Crippen LogP contribution >= 0.6 is 0 Å². The second-order valence-electron chi connectivity index (χ2n) is 7.82. The minimum Gasteiger partial charge on any atom is -0.463 e. The van der Waals surface area contributed by atoms with Crippen molar-refractivity contribution >= 4 is 22.8 Å². The fourth-order valence-corrected chi connectivity index (χ4v) is 4.05. The molecule has 2 aliphatic rings. The zero-order chi connectivity index (χ0) is 21.4. The van der Waals surface area contributed by atoms with Crippen LogP contribution in [0.4, 0.5) is 0 Å². The van der Waals surface area contributed by atoms with E-state index in [1.54, 1.807) is 9.80 Å². The number of hydrogen-bond donors (Lipinski definition) is 0. The molecule has 7 nitrogen and oxygen atoms in total. The van der Waals surface area contributed by atoms with Crippen LogP contribution in [0.25, 0.3) is 22.1 Å². The van der Waals surface area contributed by atoms with Gasteiger partial charge in [0.1, 0.15) is 24.0 Å². The standard InChI is InChI=1S/C24H21N3O4/c25-14-19-15-31-21-6-5-18(13-20(19)21)16-1-3-17(4-2-16)23(28)26-8-10-27(11-9-26)24(29)22-7-12-30-22/h1-6,13,15,22H,7-12H2. The minimum absolute atomic E-state index is 0.0319. The lowest BCUT2D eigenvalue weighted by atomic mass is 10.0. The van der Waals surface area contributed by atoms with Crippen molar-refractivity contribution < 1.29 is 18.7 Å². The average Bonchev–Trinajstić information content (AvgIpc) is 3.20. The molecule has 2 saturated heterocycles. The highest BCUT2D eigenvalue weighted by Gasteiger charge is 2.33. The Kier molecular flexibility index (Phi) is 4.92. The number of amides is 2. The lowest BCUT2D eigenvalue weighted by Gasteiger charge is -2.38. The molecule has 7 heteroatoms. The van der Waals surface area contributed by atoms with Gasteiger partial charge in [-0.15, -0.1) is 0 Å². The average molecular weight is 415 g/mol. The SMILES string of the molecule is N#Cc1coc2ccc(-c3ccc(C(=O)N4CCN(C(=O)C5CCO5)CC4)cc3)cc12. The summed E-state index contributed by atoms with van der Waals surface area (Å²) in [7, 11) is 0. The molecule has 5 rings (SSSR count). The van der Waals surface area contributed by atoms with E-state index in [0.29, 0.717) is 49.5 Å². The zero-order valence-corrected chi connectivity index (χ0v) is 16.9. The smallest absolute Gasteiger partial charge is 0.253 e. The van der Waals surface area contributed by atoms with E-state index in [1.165, 1.54) is 6.26 Å². The summed E-state index contributed by atoms with van der Waals surface area (Å²) in [4.78, 5) is 28.8. The topological polar surface area (TPSA) is 86.8 Å². The molecular weight excluding hydrogens is 394 g/mol. The van der Waals surface area contributed by atoms with E-state index in [2.05, 4.69) is 6.07 Å². The summed E-state index contributed by atoms with van der Waals surface area (Å²) in [5, 5.41) is 9.99. The van der Waals surface area contributed by atoms with Crippen molar-refractivity contribution in [2.75, 3.05) is 32.8 Å². The van der Waals surface area contributed by atoms with Gasteiger partial charge in [-0.05, 0) is 35.4 Å². The number of furan rings is 1. The number of nitrogens with zero attached hydrogens (tertiary/aromatic N) is 3. The molecule has 1 atom stereocenters. The molecule has 1 unspecified atom stereocenters. The van der Waals surface area contributed by atoms with Crippen LogP contribution in [0.15, 0.2) is 53.1 Å². The van der Waals surface area contributed by atoms with Crippen molar-refractivity contribution in [3.63, 3.8) is 0 Å². The molecule has 0 aliphatic carbocycles. The first-order valence-electron chi connectivity index (χ1n) is 10.4. The largest absolute Gasteiger partial charge is 0.463 e. The van der Waals surface area contributed by atoms with Gasteiger partial charge < -0.3 is 19.0 Å². The fourth-order valence-electron chi connectivity index (χ4n) is 4.05. The molecular formula is C24H21N3O4. The van der Waals surface area contributed by atoms with Crippen molar-refractivity contribution in [3.8, 4) is 17.2 Å². The molecule has 2 aromatic carbocycles. The molecule has 0 saturated carbocycles. The van der Waals surface area contributed by atoms with Gasteiger partial charge in [0.25, 0.3) is 11.8 Å². The summed E-state index contributed by atoms with van der Waals surface area (Å²) in [6.45, 7) is 2.77. The maximum Gasteiger partial charge on any atom is 0.253 e. The second kappa shape index (κ2) is 7.89. The van der Waals surface area contributed by atoms with E-state index in [-0.39, 0.29) is 17.9 Å². The van der Waals surface area contributed by atoms with Gasteiger partial charge in [-0.25, -0.2) is 0 Å². The molecule has 0 bridgehead atoms. The van der Waals surface area contributed by atoms with Gasteiger partial charge in [0.15, 0.2) is 0 Å². The summed E-state index contributed by atoms with van der Waals surface area (Å²) < 4.78 is 10.7. The van der Waals surface area contributed by atoms with Gasteiger partial charge in [-0.3, -0.25) is 9.59 Å². The third-order valence-corrected chi connectivity index (χ3v) is 6.01. The lowest BCUT2D eigenvalue weighted by molar-refractivity contribution is -0.157. The first kappa shape index (κ1) is 19.3. The van der Waals surface area contributed by atoms with Gasteiger partial charge in [0.2, 0.25) is 0 Å². The van der Waals surface area contributed by atoms with Gasteiger partial charge >= 0.3 is 0 Å². The van der Waals surface area contributed by atoms with Gasteiger partial charge in [0, 0.05) is 43.5 Å². The van der Waals surface area contributed by atoms with Crippen molar-refractivity contribution in [2.45, 2.75) is 12.5 Å². The maximum absolute atomic E-state index is 12.9. The van der Waals surface area contributed by atoms with Gasteiger partial charge in [-0.2, -0.15) is 5.26 Å². The van der Waals surface area contributed by atoms with Gasteiger partial charge in [-0.1, -0.05) is 18.2 Å². The Morgan fingerprint density at radius 1 is 0.968 bits per heavy atom. The van der Waals surface area contributed by atoms with Crippen LogP contribution in [-0.2, 0) is 9.53 Å². The van der Waals surface area contributed by atoms with Crippen molar-refractivity contribution in [2.24, 2.45) is 0 Å². The van der Waals surface area contributed by atoms with Crippen LogP contribution in [0.1, 0.15) is 22.3 Å². The molecule has 0 radical (unpaired) electrons. The molecule has 1 aromatic heterocycles. The third kappa shape index (κ3) is 3.56. The number of carbonyl (C=O) groups is 2. The van der Waals surface area contributed by atoms with E-state index < -0.39 is 0 Å².